The lowest BCUT2D eigenvalue weighted by atomic mass is 10.2. The van der Waals surface area contributed by atoms with Crippen molar-refractivity contribution in [3.63, 3.8) is 0 Å². The van der Waals surface area contributed by atoms with E-state index in [-0.39, 0.29) is 11.7 Å². The van der Waals surface area contributed by atoms with Crippen molar-refractivity contribution in [2.24, 2.45) is 12.1 Å². The highest BCUT2D eigenvalue weighted by Gasteiger charge is 2.12. The number of nitrogens with one attached hydrogen (secondary N) is 1. The number of aromatic nitrogens is 4. The largest absolute Gasteiger partial charge is 0.305 e. The Hall–Kier alpha value is -2.52. The fraction of sp³-hybridized carbons (Fsp3) is 0.118. The van der Waals surface area contributed by atoms with Crippen molar-refractivity contribution in [2.75, 3.05) is 5.75 Å². The van der Waals surface area contributed by atoms with Crippen molar-refractivity contribution in [1.29, 1.82) is 0 Å². The molecule has 3 aromatic rings. The first-order valence-corrected chi connectivity index (χ1v) is 9.41. The summed E-state index contributed by atoms with van der Waals surface area (Å²) in [5.74, 6) is 0.709. The van der Waals surface area contributed by atoms with E-state index >= 15 is 0 Å². The molecule has 1 amide bonds. The van der Waals surface area contributed by atoms with E-state index in [9.17, 15) is 4.79 Å². The number of carbonyl (C=O) groups is 1. The summed E-state index contributed by atoms with van der Waals surface area (Å²) in [7, 11) is 1.87. The molecule has 2 heterocycles. The molecule has 0 spiro atoms. The molecule has 0 atom stereocenters. The second-order valence-corrected chi connectivity index (χ2v) is 7.10. The molecule has 1 N–H and O–H groups in total. The molecule has 1 aromatic carbocycles. The van der Waals surface area contributed by atoms with Gasteiger partial charge in [0.2, 0.25) is 0 Å². The second-order valence-electron chi connectivity index (χ2n) is 5.24. The summed E-state index contributed by atoms with van der Waals surface area (Å²) in [4.78, 5) is 15.9. The Bertz CT molecular complexity index is 928. The van der Waals surface area contributed by atoms with Gasteiger partial charge in [-0.1, -0.05) is 45.9 Å². The van der Waals surface area contributed by atoms with E-state index in [1.807, 2.05) is 41.9 Å². The Morgan fingerprint density at radius 3 is 3.00 bits per heavy atom. The molecule has 26 heavy (non-hydrogen) atoms. The van der Waals surface area contributed by atoms with Crippen LogP contribution in [0.4, 0.5) is 0 Å². The van der Waals surface area contributed by atoms with Crippen molar-refractivity contribution in [1.82, 2.24) is 25.2 Å². The number of nitrogens with zero attached hydrogens (tertiary/aromatic N) is 5. The Balaban J connectivity index is 1.56. The highest BCUT2D eigenvalue weighted by Crippen LogP contribution is 2.24. The van der Waals surface area contributed by atoms with Crippen molar-refractivity contribution >= 4 is 39.8 Å². The zero-order valence-corrected chi connectivity index (χ0v) is 16.2. The summed E-state index contributed by atoms with van der Waals surface area (Å²) < 4.78 is 2.83. The Labute approximate surface area is 163 Å². The van der Waals surface area contributed by atoms with E-state index in [4.69, 9.17) is 0 Å². The summed E-state index contributed by atoms with van der Waals surface area (Å²) in [6.45, 7) is 0. The summed E-state index contributed by atoms with van der Waals surface area (Å²) in [6, 6.07) is 11.5. The summed E-state index contributed by atoms with van der Waals surface area (Å²) in [5, 5.41) is 12.9. The number of benzene rings is 1. The van der Waals surface area contributed by atoms with Crippen LogP contribution in [0.2, 0.25) is 0 Å². The number of hydrazone groups is 1. The molecule has 7 nitrogen and oxygen atoms in total. The lowest BCUT2D eigenvalue weighted by Gasteiger charge is -2.04. The van der Waals surface area contributed by atoms with Gasteiger partial charge in [0, 0.05) is 35.0 Å². The van der Waals surface area contributed by atoms with Crippen LogP contribution < -0.4 is 5.43 Å². The van der Waals surface area contributed by atoms with E-state index in [0.717, 1.165) is 21.4 Å². The van der Waals surface area contributed by atoms with Gasteiger partial charge in [-0.25, -0.2) is 5.43 Å². The van der Waals surface area contributed by atoms with E-state index in [1.165, 1.54) is 11.8 Å². The molecule has 0 unspecified atom stereocenters. The van der Waals surface area contributed by atoms with Gasteiger partial charge in [0.25, 0.3) is 5.91 Å². The first-order valence-electron chi connectivity index (χ1n) is 7.63. The second kappa shape index (κ2) is 8.72. The van der Waals surface area contributed by atoms with Crippen molar-refractivity contribution in [3.05, 3.63) is 58.8 Å². The molecule has 0 aliphatic rings. The van der Waals surface area contributed by atoms with Gasteiger partial charge in [-0.3, -0.25) is 9.78 Å². The Morgan fingerprint density at radius 1 is 1.35 bits per heavy atom. The van der Waals surface area contributed by atoms with Crippen LogP contribution in [-0.4, -0.2) is 37.6 Å². The minimum Gasteiger partial charge on any atom is -0.305 e. The van der Waals surface area contributed by atoms with Crippen molar-refractivity contribution in [3.8, 4) is 11.4 Å². The number of pyridine rings is 1. The third-order valence-electron chi connectivity index (χ3n) is 3.34. The molecule has 0 saturated heterocycles. The summed E-state index contributed by atoms with van der Waals surface area (Å²) >= 11 is 4.75. The van der Waals surface area contributed by atoms with Crippen LogP contribution in [0.5, 0.6) is 0 Å². The molecule has 2 aromatic heterocycles. The molecule has 0 fully saturated rings. The van der Waals surface area contributed by atoms with Gasteiger partial charge >= 0.3 is 0 Å². The standard InChI is InChI=1S/C17H15BrN6OS/c1-24-16(13-5-2-6-14(18)8-13)22-23-17(24)26-11-15(25)21-20-10-12-4-3-7-19-9-12/h2-10H,11H2,1H3,(H,21,25). The van der Waals surface area contributed by atoms with Gasteiger partial charge in [-0.05, 0) is 18.2 Å². The van der Waals surface area contributed by atoms with Crippen LogP contribution in [0.3, 0.4) is 0 Å². The zero-order chi connectivity index (χ0) is 18.4. The zero-order valence-electron chi connectivity index (χ0n) is 13.8. The number of thioether (sulfide) groups is 1. The first kappa shape index (κ1) is 18.3. The van der Waals surface area contributed by atoms with E-state index < -0.39 is 0 Å². The quantitative estimate of drug-likeness (QED) is 0.369. The normalized spacial score (nSPS) is 11.0. The van der Waals surface area contributed by atoms with Crippen molar-refractivity contribution < 1.29 is 4.79 Å². The maximum Gasteiger partial charge on any atom is 0.250 e. The van der Waals surface area contributed by atoms with Gasteiger partial charge in [0.05, 0.1) is 12.0 Å². The van der Waals surface area contributed by atoms with Gasteiger partial charge in [0.15, 0.2) is 11.0 Å². The number of rotatable bonds is 6. The van der Waals surface area contributed by atoms with E-state index in [0.29, 0.717) is 5.16 Å². The van der Waals surface area contributed by atoms with Crippen LogP contribution in [0.1, 0.15) is 5.56 Å². The molecule has 0 aliphatic carbocycles. The van der Waals surface area contributed by atoms with Gasteiger partial charge in [0.1, 0.15) is 0 Å². The smallest absolute Gasteiger partial charge is 0.250 e. The molecule has 0 saturated carbocycles. The number of hydrogen-bond donors (Lipinski definition) is 1. The van der Waals surface area contributed by atoms with Crippen LogP contribution in [0.15, 0.2) is 63.5 Å². The van der Waals surface area contributed by atoms with Crippen LogP contribution in [0, 0.1) is 0 Å². The molecule has 0 bridgehead atoms. The average molecular weight is 431 g/mol. The molecule has 3 rings (SSSR count). The summed E-state index contributed by atoms with van der Waals surface area (Å²) in [5.41, 5.74) is 4.25. The van der Waals surface area contributed by atoms with Crippen LogP contribution in [0.25, 0.3) is 11.4 Å². The third-order valence-corrected chi connectivity index (χ3v) is 4.85. The lowest BCUT2D eigenvalue weighted by Crippen LogP contribution is -2.19. The van der Waals surface area contributed by atoms with Crippen molar-refractivity contribution in [2.45, 2.75) is 5.16 Å². The minimum absolute atomic E-state index is 0.189. The Morgan fingerprint density at radius 2 is 2.23 bits per heavy atom. The molecule has 0 aliphatic heterocycles. The molecular weight excluding hydrogens is 416 g/mol. The SMILES string of the molecule is Cn1c(SCC(=O)NN=Cc2cccnc2)nnc1-c1cccc(Br)c1. The van der Waals surface area contributed by atoms with Crippen LogP contribution >= 0.6 is 27.7 Å². The molecule has 132 valence electrons. The average Bonchev–Trinajstić information content (AvgIpc) is 3.01. The van der Waals surface area contributed by atoms with Crippen LogP contribution in [-0.2, 0) is 11.8 Å². The predicted molar refractivity (Wildman–Crippen MR) is 105 cm³/mol. The molecular formula is C17H15BrN6OS. The molecule has 9 heteroatoms. The van der Waals surface area contributed by atoms with E-state index in [2.05, 4.69) is 41.6 Å². The number of carbonyl (C=O) groups excluding carboxylic acids is 1. The maximum absolute atomic E-state index is 11.9. The first-order chi connectivity index (χ1) is 12.6. The highest BCUT2D eigenvalue weighted by atomic mass is 79.9. The monoisotopic (exact) mass is 430 g/mol. The fourth-order valence-corrected chi connectivity index (χ4v) is 3.22. The van der Waals surface area contributed by atoms with E-state index in [1.54, 1.807) is 24.7 Å². The van der Waals surface area contributed by atoms with Gasteiger partial charge in [-0.2, -0.15) is 5.10 Å². The molecule has 0 radical (unpaired) electrons. The minimum atomic E-state index is -0.220. The third kappa shape index (κ3) is 4.77. The summed E-state index contributed by atoms with van der Waals surface area (Å²) in [6.07, 6.45) is 4.88. The highest BCUT2D eigenvalue weighted by molar-refractivity contribution is 9.10. The predicted octanol–water partition coefficient (Wildman–Crippen LogP) is 2.88. The van der Waals surface area contributed by atoms with Gasteiger partial charge < -0.3 is 4.57 Å². The topological polar surface area (TPSA) is 85.1 Å². The number of amides is 1. The maximum atomic E-state index is 11.9. The number of hydrogen-bond acceptors (Lipinski definition) is 6. The Kier molecular flexibility index (Phi) is 6.13. The lowest BCUT2D eigenvalue weighted by molar-refractivity contribution is -0.118. The fourth-order valence-electron chi connectivity index (χ4n) is 2.11. The van der Waals surface area contributed by atoms with Gasteiger partial charge in [-0.15, -0.1) is 10.2 Å². The number of halogens is 1.